The number of nitrogens with zero attached hydrogens (tertiary/aromatic N) is 1. The highest BCUT2D eigenvalue weighted by Crippen LogP contribution is 2.42. The average molecular weight is 292 g/mol. The Balaban J connectivity index is 1.73. The molecule has 1 aliphatic carbocycles. The van der Waals surface area contributed by atoms with Gasteiger partial charge in [-0.25, -0.2) is 4.39 Å². The van der Waals surface area contributed by atoms with Crippen molar-refractivity contribution in [1.82, 2.24) is 0 Å². The Morgan fingerprint density at radius 3 is 3.05 bits per heavy atom. The van der Waals surface area contributed by atoms with E-state index in [1.807, 2.05) is 6.07 Å². The highest BCUT2D eigenvalue weighted by molar-refractivity contribution is 8.14. The van der Waals surface area contributed by atoms with Crippen molar-refractivity contribution < 1.29 is 4.39 Å². The highest BCUT2D eigenvalue weighted by atomic mass is 32.2. The van der Waals surface area contributed by atoms with Crippen LogP contribution in [-0.2, 0) is 0 Å². The van der Waals surface area contributed by atoms with E-state index in [1.165, 1.54) is 25.7 Å². The first-order valence-electron chi connectivity index (χ1n) is 7.32. The van der Waals surface area contributed by atoms with Gasteiger partial charge in [-0.3, -0.25) is 4.99 Å². The van der Waals surface area contributed by atoms with E-state index in [0.717, 1.165) is 22.5 Å². The summed E-state index contributed by atoms with van der Waals surface area (Å²) in [6, 6.07) is 5.26. The minimum atomic E-state index is -0.167. The van der Waals surface area contributed by atoms with Crippen LogP contribution in [0.2, 0.25) is 0 Å². The molecule has 0 aromatic heterocycles. The first-order valence-corrected chi connectivity index (χ1v) is 8.31. The van der Waals surface area contributed by atoms with Gasteiger partial charge in [0.1, 0.15) is 5.82 Å². The van der Waals surface area contributed by atoms with Crippen molar-refractivity contribution in [3.63, 3.8) is 0 Å². The molecule has 3 rings (SSSR count). The van der Waals surface area contributed by atoms with Crippen LogP contribution in [0.15, 0.2) is 23.2 Å². The van der Waals surface area contributed by atoms with Crippen LogP contribution in [0.1, 0.15) is 38.2 Å². The van der Waals surface area contributed by atoms with Crippen LogP contribution < -0.4 is 5.32 Å². The van der Waals surface area contributed by atoms with E-state index in [2.05, 4.69) is 12.2 Å². The number of thioether (sulfide) groups is 1. The predicted molar refractivity (Wildman–Crippen MR) is 85.0 cm³/mol. The molecule has 2 aliphatic rings. The molecule has 1 fully saturated rings. The standard InChI is InChI=1S/C16H21FN2S/c1-11-4-3-7-16(9-11)10-20-15(19-16)18-13-6-5-12(2)14(17)8-13/h5-6,8,11H,3-4,7,9-10H2,1-2H3,(H,18,19). The maximum atomic E-state index is 13.6. The number of anilines is 1. The largest absolute Gasteiger partial charge is 0.335 e. The number of nitrogens with one attached hydrogen (secondary N) is 1. The maximum absolute atomic E-state index is 13.6. The number of rotatable bonds is 1. The Bertz CT molecular complexity index is 543. The lowest BCUT2D eigenvalue weighted by molar-refractivity contribution is 0.266. The van der Waals surface area contributed by atoms with E-state index in [0.29, 0.717) is 5.56 Å². The monoisotopic (exact) mass is 292 g/mol. The van der Waals surface area contributed by atoms with Gasteiger partial charge in [-0.05, 0) is 43.4 Å². The molecule has 0 amide bonds. The molecule has 0 bridgehead atoms. The molecule has 4 heteroatoms. The summed E-state index contributed by atoms with van der Waals surface area (Å²) in [4.78, 5) is 4.92. The Kier molecular flexibility index (Phi) is 3.76. The number of halogens is 1. The van der Waals surface area contributed by atoms with Crippen LogP contribution in [0.4, 0.5) is 10.1 Å². The molecule has 1 saturated carbocycles. The van der Waals surface area contributed by atoms with Crippen molar-refractivity contribution in [2.45, 2.75) is 45.1 Å². The van der Waals surface area contributed by atoms with Crippen molar-refractivity contribution in [3.8, 4) is 0 Å². The molecule has 2 nitrogen and oxygen atoms in total. The van der Waals surface area contributed by atoms with Crippen molar-refractivity contribution in [2.75, 3.05) is 11.1 Å². The van der Waals surface area contributed by atoms with E-state index in [9.17, 15) is 4.39 Å². The first-order chi connectivity index (χ1) is 9.56. The van der Waals surface area contributed by atoms with E-state index in [-0.39, 0.29) is 11.4 Å². The lowest BCUT2D eigenvalue weighted by atomic mass is 9.78. The van der Waals surface area contributed by atoms with Crippen LogP contribution in [0.3, 0.4) is 0 Å². The molecule has 2 atom stereocenters. The van der Waals surface area contributed by atoms with Gasteiger partial charge in [-0.2, -0.15) is 0 Å². The molecule has 0 radical (unpaired) electrons. The summed E-state index contributed by atoms with van der Waals surface area (Å²) in [6.07, 6.45) is 4.98. The zero-order valence-electron chi connectivity index (χ0n) is 12.1. The molecule has 20 heavy (non-hydrogen) atoms. The van der Waals surface area contributed by atoms with Crippen LogP contribution in [0.5, 0.6) is 0 Å². The van der Waals surface area contributed by atoms with Crippen molar-refractivity contribution in [1.29, 1.82) is 0 Å². The number of benzene rings is 1. The first kappa shape index (κ1) is 13.9. The Morgan fingerprint density at radius 1 is 1.45 bits per heavy atom. The summed E-state index contributed by atoms with van der Waals surface area (Å²) in [6.45, 7) is 4.10. The van der Waals surface area contributed by atoms with Gasteiger partial charge in [0.2, 0.25) is 0 Å². The normalized spacial score (nSPS) is 29.6. The summed E-state index contributed by atoms with van der Waals surface area (Å²) in [5, 5.41) is 4.21. The third-order valence-corrected chi connectivity index (χ3v) is 5.46. The van der Waals surface area contributed by atoms with Gasteiger partial charge in [0.15, 0.2) is 5.17 Å². The Labute approximate surface area is 124 Å². The SMILES string of the molecule is Cc1ccc(NC2=NC3(CCCC(C)C3)CS2)cc1F. The quantitative estimate of drug-likeness (QED) is 0.818. The summed E-state index contributed by atoms with van der Waals surface area (Å²) < 4.78 is 13.6. The number of hydrogen-bond donors (Lipinski definition) is 1. The minimum Gasteiger partial charge on any atom is -0.335 e. The van der Waals surface area contributed by atoms with Gasteiger partial charge in [0.05, 0.1) is 5.54 Å². The van der Waals surface area contributed by atoms with Crippen LogP contribution in [-0.4, -0.2) is 16.5 Å². The van der Waals surface area contributed by atoms with Gasteiger partial charge >= 0.3 is 0 Å². The lowest BCUT2D eigenvalue weighted by Gasteiger charge is -2.33. The molecule has 1 N–H and O–H groups in total. The Hall–Kier alpha value is -1.03. The van der Waals surface area contributed by atoms with E-state index in [1.54, 1.807) is 30.8 Å². The predicted octanol–water partition coefficient (Wildman–Crippen LogP) is 4.60. The molecule has 0 saturated heterocycles. The minimum absolute atomic E-state index is 0.133. The number of aliphatic imine (C=N–C) groups is 1. The molecule has 1 aromatic carbocycles. The van der Waals surface area contributed by atoms with E-state index < -0.39 is 0 Å². The number of hydrogen-bond acceptors (Lipinski definition) is 3. The van der Waals surface area contributed by atoms with E-state index >= 15 is 0 Å². The third kappa shape index (κ3) is 2.85. The zero-order valence-corrected chi connectivity index (χ0v) is 12.9. The van der Waals surface area contributed by atoms with Gasteiger partial charge in [-0.15, -0.1) is 0 Å². The Morgan fingerprint density at radius 2 is 2.30 bits per heavy atom. The number of aryl methyl sites for hydroxylation is 1. The third-order valence-electron chi connectivity index (χ3n) is 4.31. The summed E-state index contributed by atoms with van der Waals surface area (Å²) in [7, 11) is 0. The van der Waals surface area contributed by atoms with Gasteiger partial charge in [0, 0.05) is 11.4 Å². The molecule has 1 aromatic rings. The molecule has 2 unspecified atom stereocenters. The fourth-order valence-corrected chi connectivity index (χ4v) is 4.39. The lowest BCUT2D eigenvalue weighted by Crippen LogP contribution is -2.33. The van der Waals surface area contributed by atoms with Gasteiger partial charge in [-0.1, -0.05) is 37.6 Å². The number of amidine groups is 1. The highest BCUT2D eigenvalue weighted by Gasteiger charge is 2.39. The van der Waals surface area contributed by atoms with E-state index in [4.69, 9.17) is 4.99 Å². The second kappa shape index (κ2) is 5.40. The fraction of sp³-hybridized carbons (Fsp3) is 0.562. The summed E-state index contributed by atoms with van der Waals surface area (Å²) in [5.74, 6) is 1.66. The molecule has 108 valence electrons. The summed E-state index contributed by atoms with van der Waals surface area (Å²) >= 11 is 1.77. The van der Waals surface area contributed by atoms with Crippen LogP contribution >= 0.6 is 11.8 Å². The van der Waals surface area contributed by atoms with Crippen LogP contribution in [0, 0.1) is 18.7 Å². The van der Waals surface area contributed by atoms with Crippen molar-refractivity contribution in [2.24, 2.45) is 10.9 Å². The molecular formula is C16H21FN2S. The average Bonchev–Trinajstić information content (AvgIpc) is 2.76. The molecular weight excluding hydrogens is 271 g/mol. The fourth-order valence-electron chi connectivity index (χ4n) is 3.21. The zero-order chi connectivity index (χ0) is 14.2. The van der Waals surface area contributed by atoms with Crippen molar-refractivity contribution >= 4 is 22.6 Å². The van der Waals surface area contributed by atoms with Crippen molar-refractivity contribution in [3.05, 3.63) is 29.6 Å². The molecule has 1 aliphatic heterocycles. The van der Waals surface area contributed by atoms with Gasteiger partial charge < -0.3 is 5.32 Å². The molecule has 1 heterocycles. The topological polar surface area (TPSA) is 24.4 Å². The van der Waals surface area contributed by atoms with Crippen LogP contribution in [0.25, 0.3) is 0 Å². The molecule has 1 spiro atoms. The van der Waals surface area contributed by atoms with Gasteiger partial charge in [0.25, 0.3) is 0 Å². The second-order valence-electron chi connectivity index (χ2n) is 6.22. The maximum Gasteiger partial charge on any atom is 0.161 e. The smallest absolute Gasteiger partial charge is 0.161 e. The summed E-state index contributed by atoms with van der Waals surface area (Å²) in [5.41, 5.74) is 1.60. The second-order valence-corrected chi connectivity index (χ2v) is 7.18.